The molecule has 0 radical (unpaired) electrons. The lowest BCUT2D eigenvalue weighted by molar-refractivity contribution is 0.0537. The van der Waals surface area contributed by atoms with E-state index in [1.54, 1.807) is 6.07 Å². The van der Waals surface area contributed by atoms with Gasteiger partial charge in [0.2, 0.25) is 10.0 Å². The fourth-order valence-corrected chi connectivity index (χ4v) is 4.54. The number of nitrogens with zero attached hydrogens (tertiary/aromatic N) is 1. The van der Waals surface area contributed by atoms with Crippen LogP contribution in [0.3, 0.4) is 0 Å². The molecule has 0 aliphatic carbocycles. The second-order valence-corrected chi connectivity index (χ2v) is 8.33. The molecular formula is C15H16Cl2N2O3S. The van der Waals surface area contributed by atoms with Crippen molar-refractivity contribution in [2.24, 2.45) is 0 Å². The van der Waals surface area contributed by atoms with E-state index in [2.05, 4.69) is 9.71 Å². The molecule has 1 aromatic carbocycles. The van der Waals surface area contributed by atoms with E-state index >= 15 is 0 Å². The van der Waals surface area contributed by atoms with Crippen LogP contribution in [0.4, 0.5) is 0 Å². The van der Waals surface area contributed by atoms with Gasteiger partial charge in [-0.25, -0.2) is 18.1 Å². The second-order valence-electron chi connectivity index (χ2n) is 5.88. The van der Waals surface area contributed by atoms with Crippen LogP contribution in [0.1, 0.15) is 19.8 Å². The first-order valence-electron chi connectivity index (χ1n) is 7.16. The number of pyridine rings is 1. The van der Waals surface area contributed by atoms with Crippen molar-refractivity contribution in [3.05, 3.63) is 34.6 Å². The van der Waals surface area contributed by atoms with Crippen LogP contribution < -0.4 is 4.72 Å². The molecule has 23 heavy (non-hydrogen) atoms. The quantitative estimate of drug-likeness (QED) is 0.835. The first-order valence-corrected chi connectivity index (χ1v) is 9.40. The molecule has 2 heterocycles. The van der Waals surface area contributed by atoms with Gasteiger partial charge in [-0.15, -0.1) is 0 Å². The fraction of sp³-hybridized carbons (Fsp3) is 0.400. The molecule has 1 fully saturated rings. The lowest BCUT2D eigenvalue weighted by atomic mass is 9.94. The summed E-state index contributed by atoms with van der Waals surface area (Å²) in [7, 11) is -3.67. The Morgan fingerprint density at radius 2 is 1.91 bits per heavy atom. The summed E-state index contributed by atoms with van der Waals surface area (Å²) in [4.78, 5) is 4.10. The van der Waals surface area contributed by atoms with E-state index in [1.807, 2.05) is 6.92 Å². The molecule has 1 saturated heterocycles. The number of halogens is 2. The van der Waals surface area contributed by atoms with Gasteiger partial charge in [0.15, 0.2) is 0 Å². The molecule has 1 N–H and O–H groups in total. The number of hydrogen-bond acceptors (Lipinski definition) is 4. The van der Waals surface area contributed by atoms with Crippen LogP contribution in [0.15, 0.2) is 29.3 Å². The predicted molar refractivity (Wildman–Crippen MR) is 90.5 cm³/mol. The lowest BCUT2D eigenvalue weighted by Crippen LogP contribution is -2.49. The lowest BCUT2D eigenvalue weighted by Gasteiger charge is -2.34. The Morgan fingerprint density at radius 1 is 1.22 bits per heavy atom. The van der Waals surface area contributed by atoms with Crippen LogP contribution in [0.25, 0.3) is 10.8 Å². The van der Waals surface area contributed by atoms with E-state index in [9.17, 15) is 8.42 Å². The number of sulfonamides is 1. The zero-order valence-corrected chi connectivity index (χ0v) is 14.8. The Kier molecular flexibility index (Phi) is 4.55. The summed E-state index contributed by atoms with van der Waals surface area (Å²) in [6, 6.07) is 4.67. The van der Waals surface area contributed by atoms with E-state index in [0.717, 1.165) is 0 Å². The molecule has 0 amide bonds. The van der Waals surface area contributed by atoms with Crippen LogP contribution in [-0.2, 0) is 14.8 Å². The summed E-state index contributed by atoms with van der Waals surface area (Å²) in [5, 5.41) is 1.83. The van der Waals surface area contributed by atoms with Crippen LogP contribution in [0.2, 0.25) is 10.2 Å². The van der Waals surface area contributed by atoms with Gasteiger partial charge in [0.25, 0.3) is 0 Å². The number of ether oxygens (including phenoxy) is 1. The highest BCUT2D eigenvalue weighted by Gasteiger charge is 2.32. The third kappa shape index (κ3) is 3.46. The molecule has 8 heteroatoms. The van der Waals surface area contributed by atoms with Crippen LogP contribution >= 0.6 is 23.2 Å². The molecular weight excluding hydrogens is 359 g/mol. The van der Waals surface area contributed by atoms with E-state index in [0.29, 0.717) is 41.9 Å². The first kappa shape index (κ1) is 16.9. The van der Waals surface area contributed by atoms with Gasteiger partial charge in [-0.05, 0) is 31.9 Å². The highest BCUT2D eigenvalue weighted by atomic mass is 35.5. The zero-order chi connectivity index (χ0) is 16.7. The Hall–Kier alpha value is -0.920. The van der Waals surface area contributed by atoms with Crippen LogP contribution in [0.5, 0.6) is 0 Å². The molecule has 1 aliphatic rings. The molecule has 0 unspecified atom stereocenters. The summed E-state index contributed by atoms with van der Waals surface area (Å²) in [5.41, 5.74) is -0.511. The Bertz CT molecular complexity index is 849. The molecule has 0 saturated carbocycles. The van der Waals surface area contributed by atoms with E-state index in [-0.39, 0.29) is 10.0 Å². The van der Waals surface area contributed by atoms with Crippen molar-refractivity contribution in [2.45, 2.75) is 30.2 Å². The molecule has 0 bridgehead atoms. The minimum Gasteiger partial charge on any atom is -0.381 e. The number of rotatable bonds is 3. The van der Waals surface area contributed by atoms with Gasteiger partial charge in [0.1, 0.15) is 5.15 Å². The van der Waals surface area contributed by atoms with Crippen LogP contribution in [-0.4, -0.2) is 32.2 Å². The van der Waals surface area contributed by atoms with Gasteiger partial charge in [-0.3, -0.25) is 0 Å². The van der Waals surface area contributed by atoms with Gasteiger partial charge in [-0.1, -0.05) is 29.3 Å². The van der Waals surface area contributed by atoms with Crippen molar-refractivity contribution in [1.29, 1.82) is 0 Å². The summed E-state index contributed by atoms with van der Waals surface area (Å²) < 4.78 is 33.5. The maximum atomic E-state index is 12.7. The van der Waals surface area contributed by atoms with Crippen molar-refractivity contribution in [3.8, 4) is 0 Å². The minimum absolute atomic E-state index is 0.142. The normalized spacial score (nSPS) is 18.2. The maximum absolute atomic E-state index is 12.7. The third-order valence-corrected chi connectivity index (χ3v) is 6.29. The molecule has 1 aliphatic heterocycles. The fourth-order valence-electron chi connectivity index (χ4n) is 2.63. The van der Waals surface area contributed by atoms with E-state index < -0.39 is 15.6 Å². The highest BCUT2D eigenvalue weighted by molar-refractivity contribution is 7.89. The van der Waals surface area contributed by atoms with Gasteiger partial charge in [0.05, 0.1) is 9.92 Å². The van der Waals surface area contributed by atoms with Crippen molar-refractivity contribution < 1.29 is 13.2 Å². The van der Waals surface area contributed by atoms with Crippen molar-refractivity contribution >= 4 is 44.0 Å². The molecule has 0 atom stereocenters. The third-order valence-electron chi connectivity index (χ3n) is 4.05. The Morgan fingerprint density at radius 3 is 2.61 bits per heavy atom. The Balaban J connectivity index is 2.00. The molecule has 0 spiro atoms. The number of hydrogen-bond donors (Lipinski definition) is 1. The molecule has 1 aromatic heterocycles. The maximum Gasteiger partial charge on any atom is 0.241 e. The zero-order valence-electron chi connectivity index (χ0n) is 12.5. The van der Waals surface area contributed by atoms with Crippen LogP contribution in [0, 0.1) is 0 Å². The summed E-state index contributed by atoms with van der Waals surface area (Å²) in [6.45, 7) is 2.98. The average molecular weight is 375 g/mol. The standard InChI is InChI=1S/C15H16Cl2N2O3S/c1-15(4-6-22-7-5-15)19-23(20,21)10-2-3-11-12(8-10)14(17)18-9-13(11)16/h2-3,8-9,19H,4-7H2,1H3. The molecule has 2 aromatic rings. The summed E-state index contributed by atoms with van der Waals surface area (Å²) in [6.07, 6.45) is 2.71. The summed E-state index contributed by atoms with van der Waals surface area (Å²) in [5.74, 6) is 0. The first-order chi connectivity index (χ1) is 10.8. The Labute approximate surface area is 145 Å². The minimum atomic E-state index is -3.67. The van der Waals surface area contributed by atoms with Crippen molar-refractivity contribution in [1.82, 2.24) is 9.71 Å². The van der Waals surface area contributed by atoms with Gasteiger partial charge in [0, 0.05) is 35.7 Å². The number of nitrogens with one attached hydrogen (secondary N) is 1. The second kappa shape index (κ2) is 6.18. The van der Waals surface area contributed by atoms with Crippen molar-refractivity contribution in [2.75, 3.05) is 13.2 Å². The smallest absolute Gasteiger partial charge is 0.241 e. The van der Waals surface area contributed by atoms with Gasteiger partial charge < -0.3 is 4.74 Å². The predicted octanol–water partition coefficient (Wildman–Crippen LogP) is 3.39. The topological polar surface area (TPSA) is 68.3 Å². The monoisotopic (exact) mass is 374 g/mol. The number of fused-ring (bicyclic) bond motifs is 1. The van der Waals surface area contributed by atoms with E-state index in [1.165, 1.54) is 18.3 Å². The largest absolute Gasteiger partial charge is 0.381 e. The molecule has 124 valence electrons. The number of benzene rings is 1. The summed E-state index contributed by atoms with van der Waals surface area (Å²) >= 11 is 12.1. The highest BCUT2D eigenvalue weighted by Crippen LogP contribution is 2.30. The average Bonchev–Trinajstić information content (AvgIpc) is 2.50. The van der Waals surface area contributed by atoms with Crippen molar-refractivity contribution in [3.63, 3.8) is 0 Å². The van der Waals surface area contributed by atoms with Gasteiger partial charge >= 0.3 is 0 Å². The van der Waals surface area contributed by atoms with E-state index in [4.69, 9.17) is 27.9 Å². The number of aromatic nitrogens is 1. The molecule has 5 nitrogen and oxygen atoms in total. The van der Waals surface area contributed by atoms with Gasteiger partial charge in [-0.2, -0.15) is 0 Å². The SMILES string of the molecule is CC1(NS(=O)(=O)c2ccc3c(Cl)cnc(Cl)c3c2)CCOCC1. The molecule has 3 rings (SSSR count).